The summed E-state index contributed by atoms with van der Waals surface area (Å²) in [4.78, 5) is 11.7. The molecular formula is C10H20N2O2. The van der Waals surface area contributed by atoms with Gasteiger partial charge in [-0.25, -0.2) is 0 Å². The maximum atomic E-state index is 11.7. The molecule has 82 valence electrons. The molecule has 0 aliphatic carbocycles. The van der Waals surface area contributed by atoms with Gasteiger partial charge >= 0.3 is 0 Å². The van der Waals surface area contributed by atoms with Crippen molar-refractivity contribution in [2.24, 2.45) is 11.7 Å². The summed E-state index contributed by atoms with van der Waals surface area (Å²) < 4.78 is 5.13. The highest BCUT2D eigenvalue weighted by molar-refractivity contribution is 5.86. The normalized spacial score (nSPS) is 28.8. The van der Waals surface area contributed by atoms with E-state index in [1.807, 2.05) is 0 Å². The minimum Gasteiger partial charge on any atom is -0.379 e. The lowest BCUT2D eigenvalue weighted by molar-refractivity contribution is -0.126. The molecule has 3 N–H and O–H groups in total. The number of hydrogen-bond acceptors (Lipinski definition) is 3. The van der Waals surface area contributed by atoms with Crippen LogP contribution in [0.2, 0.25) is 0 Å². The Balaban J connectivity index is 2.34. The van der Waals surface area contributed by atoms with Crippen LogP contribution in [0.5, 0.6) is 0 Å². The van der Waals surface area contributed by atoms with Crippen molar-refractivity contribution >= 4 is 5.91 Å². The summed E-state index contributed by atoms with van der Waals surface area (Å²) >= 11 is 0. The molecule has 1 fully saturated rings. The number of amides is 1. The quantitative estimate of drug-likeness (QED) is 0.684. The molecule has 0 aromatic heterocycles. The van der Waals surface area contributed by atoms with E-state index in [1.54, 1.807) is 0 Å². The molecule has 1 aliphatic heterocycles. The molecule has 14 heavy (non-hydrogen) atoms. The molecule has 0 aromatic carbocycles. The van der Waals surface area contributed by atoms with Crippen molar-refractivity contribution in [3.05, 3.63) is 0 Å². The maximum absolute atomic E-state index is 11.7. The zero-order valence-electron chi connectivity index (χ0n) is 9.01. The second-order valence-electron chi connectivity index (χ2n) is 4.18. The van der Waals surface area contributed by atoms with E-state index in [-0.39, 0.29) is 5.91 Å². The third-order valence-corrected chi connectivity index (χ3v) is 2.81. The predicted molar refractivity (Wildman–Crippen MR) is 54.8 cm³/mol. The molecule has 1 rings (SSSR count). The summed E-state index contributed by atoms with van der Waals surface area (Å²) in [5.41, 5.74) is 5.11. The number of hydrogen-bond donors (Lipinski definition) is 2. The Morgan fingerprint density at radius 1 is 1.71 bits per heavy atom. The number of carbonyl (C=O) groups is 1. The monoisotopic (exact) mass is 200 g/mol. The van der Waals surface area contributed by atoms with Crippen LogP contribution < -0.4 is 11.1 Å². The van der Waals surface area contributed by atoms with Gasteiger partial charge in [0, 0.05) is 13.2 Å². The van der Waals surface area contributed by atoms with Gasteiger partial charge < -0.3 is 15.8 Å². The molecule has 0 aromatic rings. The second-order valence-corrected chi connectivity index (χ2v) is 4.18. The van der Waals surface area contributed by atoms with Gasteiger partial charge in [-0.3, -0.25) is 4.79 Å². The Bertz CT molecular complexity index is 200. The molecule has 0 spiro atoms. The molecule has 1 aliphatic rings. The molecule has 0 radical (unpaired) electrons. The first kappa shape index (κ1) is 11.5. The summed E-state index contributed by atoms with van der Waals surface area (Å²) in [6, 6.07) is 0. The van der Waals surface area contributed by atoms with Crippen molar-refractivity contribution in [3.8, 4) is 0 Å². The molecule has 1 heterocycles. The average molecular weight is 200 g/mol. The Kier molecular flexibility index (Phi) is 3.89. The van der Waals surface area contributed by atoms with Crippen LogP contribution in [0.1, 0.15) is 26.7 Å². The van der Waals surface area contributed by atoms with Crippen molar-refractivity contribution in [2.45, 2.75) is 32.2 Å². The number of nitrogens with one attached hydrogen (secondary N) is 1. The summed E-state index contributed by atoms with van der Waals surface area (Å²) in [5, 5.41) is 2.87. The van der Waals surface area contributed by atoms with E-state index in [9.17, 15) is 4.79 Å². The van der Waals surface area contributed by atoms with E-state index >= 15 is 0 Å². The standard InChI is InChI=1S/C10H20N2O2/c1-3-8(2)6-12-9(13)10(11)4-5-14-7-10/h8H,3-7,11H2,1-2H3,(H,12,13). The molecule has 4 heteroatoms. The van der Waals surface area contributed by atoms with Crippen LogP contribution in [0.15, 0.2) is 0 Å². The van der Waals surface area contributed by atoms with Gasteiger partial charge in [0.15, 0.2) is 0 Å². The summed E-state index contributed by atoms with van der Waals surface area (Å²) in [7, 11) is 0. The number of nitrogens with two attached hydrogens (primary N) is 1. The van der Waals surface area contributed by atoms with Crippen LogP contribution in [0.3, 0.4) is 0 Å². The number of ether oxygens (including phenoxy) is 1. The highest BCUT2D eigenvalue weighted by atomic mass is 16.5. The Morgan fingerprint density at radius 3 is 2.93 bits per heavy atom. The maximum Gasteiger partial charge on any atom is 0.242 e. The first-order chi connectivity index (χ1) is 6.58. The van der Waals surface area contributed by atoms with E-state index in [4.69, 9.17) is 10.5 Å². The fourth-order valence-electron chi connectivity index (χ4n) is 1.35. The van der Waals surface area contributed by atoms with Gasteiger partial charge in [-0.2, -0.15) is 0 Å². The molecule has 2 atom stereocenters. The lowest BCUT2D eigenvalue weighted by atomic mass is 9.99. The van der Waals surface area contributed by atoms with Crippen LogP contribution in [0, 0.1) is 5.92 Å². The molecular weight excluding hydrogens is 180 g/mol. The Morgan fingerprint density at radius 2 is 2.43 bits per heavy atom. The van der Waals surface area contributed by atoms with Crippen LogP contribution in [-0.4, -0.2) is 31.2 Å². The highest BCUT2D eigenvalue weighted by Crippen LogP contribution is 2.15. The fourth-order valence-corrected chi connectivity index (χ4v) is 1.35. The molecule has 4 nitrogen and oxygen atoms in total. The van der Waals surface area contributed by atoms with Crippen molar-refractivity contribution in [3.63, 3.8) is 0 Å². The highest BCUT2D eigenvalue weighted by Gasteiger charge is 2.37. The topological polar surface area (TPSA) is 64.4 Å². The van der Waals surface area contributed by atoms with Gasteiger partial charge in [0.2, 0.25) is 5.91 Å². The molecule has 0 saturated carbocycles. The first-order valence-corrected chi connectivity index (χ1v) is 5.23. The predicted octanol–water partition coefficient (Wildman–Crippen LogP) is 0.267. The largest absolute Gasteiger partial charge is 0.379 e. The van der Waals surface area contributed by atoms with E-state index < -0.39 is 5.54 Å². The van der Waals surface area contributed by atoms with Crippen molar-refractivity contribution < 1.29 is 9.53 Å². The average Bonchev–Trinajstić information content (AvgIpc) is 2.62. The van der Waals surface area contributed by atoms with Crippen molar-refractivity contribution in [1.29, 1.82) is 0 Å². The van der Waals surface area contributed by atoms with Crippen molar-refractivity contribution in [2.75, 3.05) is 19.8 Å². The smallest absolute Gasteiger partial charge is 0.242 e. The minimum atomic E-state index is -0.784. The minimum absolute atomic E-state index is 0.0738. The zero-order chi connectivity index (χ0) is 10.6. The van der Waals surface area contributed by atoms with Crippen LogP contribution in [0.25, 0.3) is 0 Å². The fraction of sp³-hybridized carbons (Fsp3) is 0.900. The lowest BCUT2D eigenvalue weighted by Gasteiger charge is -2.21. The van der Waals surface area contributed by atoms with E-state index in [0.29, 0.717) is 32.1 Å². The van der Waals surface area contributed by atoms with E-state index in [2.05, 4.69) is 19.2 Å². The SMILES string of the molecule is CCC(C)CNC(=O)C1(N)CCOC1. The molecule has 0 bridgehead atoms. The van der Waals surface area contributed by atoms with Crippen LogP contribution in [-0.2, 0) is 9.53 Å². The third kappa shape index (κ3) is 2.69. The molecule has 1 saturated heterocycles. The van der Waals surface area contributed by atoms with E-state index in [1.165, 1.54) is 0 Å². The van der Waals surface area contributed by atoms with Crippen LogP contribution >= 0.6 is 0 Å². The summed E-state index contributed by atoms with van der Waals surface area (Å²) in [6.07, 6.45) is 1.69. The zero-order valence-corrected chi connectivity index (χ0v) is 9.01. The van der Waals surface area contributed by atoms with Gasteiger partial charge in [-0.15, -0.1) is 0 Å². The summed E-state index contributed by atoms with van der Waals surface area (Å²) in [5.74, 6) is 0.431. The van der Waals surface area contributed by atoms with Gasteiger partial charge in [-0.05, 0) is 12.3 Å². The van der Waals surface area contributed by atoms with Gasteiger partial charge in [-0.1, -0.05) is 20.3 Å². The first-order valence-electron chi connectivity index (χ1n) is 5.23. The summed E-state index contributed by atoms with van der Waals surface area (Å²) in [6.45, 7) is 5.85. The number of carbonyl (C=O) groups excluding carboxylic acids is 1. The van der Waals surface area contributed by atoms with Crippen LogP contribution in [0.4, 0.5) is 0 Å². The van der Waals surface area contributed by atoms with Gasteiger partial charge in [0.25, 0.3) is 0 Å². The third-order valence-electron chi connectivity index (χ3n) is 2.81. The van der Waals surface area contributed by atoms with Gasteiger partial charge in [0.1, 0.15) is 5.54 Å². The van der Waals surface area contributed by atoms with Crippen molar-refractivity contribution in [1.82, 2.24) is 5.32 Å². The number of rotatable bonds is 4. The Labute approximate surface area is 85.2 Å². The molecule has 2 unspecified atom stereocenters. The lowest BCUT2D eigenvalue weighted by Crippen LogP contribution is -2.55. The second kappa shape index (κ2) is 4.75. The van der Waals surface area contributed by atoms with E-state index in [0.717, 1.165) is 6.42 Å². The molecule has 1 amide bonds. The van der Waals surface area contributed by atoms with Gasteiger partial charge in [0.05, 0.1) is 6.61 Å². The Hall–Kier alpha value is -0.610.